The molecule has 1 aliphatic rings. The molecule has 1 fully saturated rings. The van der Waals surface area contributed by atoms with Gasteiger partial charge in [0, 0.05) is 18.3 Å². The summed E-state index contributed by atoms with van der Waals surface area (Å²) in [6, 6.07) is 2.45. The second-order valence-electron chi connectivity index (χ2n) is 6.75. The third-order valence-corrected chi connectivity index (χ3v) is 6.78. The highest BCUT2D eigenvalue weighted by atomic mass is 35.5. The van der Waals surface area contributed by atoms with Crippen molar-refractivity contribution in [1.82, 2.24) is 19.6 Å². The molecule has 1 aromatic carbocycles. The van der Waals surface area contributed by atoms with Crippen molar-refractivity contribution in [2.45, 2.75) is 12.5 Å². The van der Waals surface area contributed by atoms with Gasteiger partial charge in [-0.15, -0.1) is 0 Å². The summed E-state index contributed by atoms with van der Waals surface area (Å²) in [5.74, 6) is -2.21. The van der Waals surface area contributed by atoms with E-state index >= 15 is 0 Å². The van der Waals surface area contributed by atoms with Gasteiger partial charge in [0.1, 0.15) is 11.5 Å². The molecule has 0 radical (unpaired) electrons. The van der Waals surface area contributed by atoms with E-state index in [1.807, 2.05) is 0 Å². The van der Waals surface area contributed by atoms with Crippen LogP contribution in [0.15, 0.2) is 24.5 Å². The number of nitrogens with one attached hydrogen (secondary N) is 3. The molecular weight excluding hydrogens is 439 g/mol. The van der Waals surface area contributed by atoms with Gasteiger partial charge in [-0.25, -0.2) is 27.1 Å². The van der Waals surface area contributed by atoms with Gasteiger partial charge < -0.3 is 15.4 Å². The van der Waals surface area contributed by atoms with Gasteiger partial charge >= 0.3 is 0 Å². The average molecular weight is 457 g/mol. The Labute approximate surface area is 177 Å². The van der Waals surface area contributed by atoms with Crippen LogP contribution in [-0.4, -0.2) is 54.5 Å². The van der Waals surface area contributed by atoms with Gasteiger partial charge in [0.25, 0.3) is 5.91 Å². The maximum absolute atomic E-state index is 14.8. The van der Waals surface area contributed by atoms with Crippen molar-refractivity contribution in [3.63, 3.8) is 0 Å². The van der Waals surface area contributed by atoms with Gasteiger partial charge in [-0.2, -0.15) is 0 Å². The molecule has 1 aliphatic heterocycles. The molecule has 160 valence electrons. The van der Waals surface area contributed by atoms with E-state index in [4.69, 9.17) is 21.7 Å². The molecule has 3 N–H and O–H groups in total. The molecule has 30 heavy (non-hydrogen) atoms. The number of rotatable bonds is 4. The van der Waals surface area contributed by atoms with E-state index in [0.717, 1.165) is 4.31 Å². The Kier molecular flexibility index (Phi) is 5.56. The molecule has 0 unspecified atom stereocenters. The third-order valence-electron chi connectivity index (χ3n) is 4.55. The molecule has 13 heteroatoms. The van der Waals surface area contributed by atoms with Crippen molar-refractivity contribution in [3.8, 4) is 5.88 Å². The van der Waals surface area contributed by atoms with E-state index in [1.54, 1.807) is 0 Å². The SMILES string of the molecule is COc1cnc(C(=O)Nc2cc(Cl)c(F)c([C@]3(C)CS(=O)(=O)N(C)C(=N)N3)c2)cn1. The molecule has 0 aliphatic carbocycles. The molecule has 0 spiro atoms. The van der Waals surface area contributed by atoms with Crippen LogP contribution in [0.4, 0.5) is 10.1 Å². The second kappa shape index (κ2) is 7.69. The lowest BCUT2D eigenvalue weighted by Crippen LogP contribution is -2.61. The van der Waals surface area contributed by atoms with E-state index in [1.165, 1.54) is 45.6 Å². The number of carbonyl (C=O) groups excluding carboxylic acids is 1. The van der Waals surface area contributed by atoms with Crippen LogP contribution in [0.5, 0.6) is 5.88 Å². The highest BCUT2D eigenvalue weighted by molar-refractivity contribution is 7.89. The highest BCUT2D eigenvalue weighted by Gasteiger charge is 2.43. The topological polar surface area (TPSA) is 137 Å². The predicted molar refractivity (Wildman–Crippen MR) is 108 cm³/mol. The first-order chi connectivity index (χ1) is 14.0. The molecule has 1 saturated heterocycles. The zero-order chi connectivity index (χ0) is 22.3. The van der Waals surface area contributed by atoms with Crippen molar-refractivity contribution in [3.05, 3.63) is 46.6 Å². The molecule has 10 nitrogen and oxygen atoms in total. The van der Waals surface area contributed by atoms with Crippen LogP contribution in [-0.2, 0) is 15.6 Å². The van der Waals surface area contributed by atoms with Gasteiger partial charge in [0.15, 0.2) is 0 Å². The van der Waals surface area contributed by atoms with E-state index < -0.39 is 39.0 Å². The molecule has 2 aromatic rings. The number of nitrogens with zero attached hydrogens (tertiary/aromatic N) is 3. The number of hydrogen-bond acceptors (Lipinski definition) is 7. The summed E-state index contributed by atoms with van der Waals surface area (Å²) in [6.07, 6.45) is 2.46. The summed E-state index contributed by atoms with van der Waals surface area (Å²) in [4.78, 5) is 20.2. The van der Waals surface area contributed by atoms with Crippen LogP contribution in [0.1, 0.15) is 23.0 Å². The Balaban J connectivity index is 1.96. The Morgan fingerprint density at radius 3 is 2.67 bits per heavy atom. The fourth-order valence-corrected chi connectivity index (χ4v) is 4.61. The highest BCUT2D eigenvalue weighted by Crippen LogP contribution is 2.34. The average Bonchev–Trinajstić information content (AvgIpc) is 2.68. The fourth-order valence-electron chi connectivity index (χ4n) is 2.92. The predicted octanol–water partition coefficient (Wildman–Crippen LogP) is 1.54. The molecule has 0 saturated carbocycles. The smallest absolute Gasteiger partial charge is 0.275 e. The number of benzene rings is 1. The first-order valence-corrected chi connectivity index (χ1v) is 10.5. The number of methoxy groups -OCH3 is 1. The monoisotopic (exact) mass is 456 g/mol. The number of ether oxygens (including phenoxy) is 1. The maximum atomic E-state index is 14.8. The summed E-state index contributed by atoms with van der Waals surface area (Å²) >= 11 is 5.99. The van der Waals surface area contributed by atoms with Crippen molar-refractivity contribution in [2.24, 2.45) is 0 Å². The molecule has 1 atom stereocenters. The number of halogens is 2. The summed E-state index contributed by atoms with van der Waals surface area (Å²) in [5.41, 5.74) is -1.51. The van der Waals surface area contributed by atoms with Crippen molar-refractivity contribution in [2.75, 3.05) is 25.2 Å². The van der Waals surface area contributed by atoms with Gasteiger partial charge in [-0.1, -0.05) is 11.6 Å². The van der Waals surface area contributed by atoms with E-state index in [-0.39, 0.29) is 27.8 Å². The van der Waals surface area contributed by atoms with Crippen LogP contribution in [0, 0.1) is 11.2 Å². The Bertz CT molecular complexity index is 1130. The minimum absolute atomic E-state index is 0.0224. The van der Waals surface area contributed by atoms with Crippen LogP contribution in [0.3, 0.4) is 0 Å². The lowest BCUT2D eigenvalue weighted by atomic mass is 9.92. The molecule has 1 amide bonds. The van der Waals surface area contributed by atoms with Crippen LogP contribution in [0.2, 0.25) is 5.02 Å². The van der Waals surface area contributed by atoms with Crippen molar-refractivity contribution >= 4 is 39.2 Å². The maximum Gasteiger partial charge on any atom is 0.275 e. The Hall–Kier alpha value is -2.99. The number of aromatic nitrogens is 2. The van der Waals surface area contributed by atoms with Crippen LogP contribution < -0.4 is 15.4 Å². The number of amides is 1. The first kappa shape index (κ1) is 21.7. The van der Waals surface area contributed by atoms with Gasteiger partial charge in [0.2, 0.25) is 21.9 Å². The fraction of sp³-hybridized carbons (Fsp3) is 0.294. The number of guanidine groups is 1. The van der Waals surface area contributed by atoms with E-state index in [2.05, 4.69) is 20.6 Å². The van der Waals surface area contributed by atoms with Crippen LogP contribution in [0.25, 0.3) is 0 Å². The molecule has 3 rings (SSSR count). The molecular formula is C17H18ClFN6O4S. The van der Waals surface area contributed by atoms with E-state index in [0.29, 0.717) is 0 Å². The largest absolute Gasteiger partial charge is 0.480 e. The molecule has 2 heterocycles. The number of carbonyl (C=O) groups is 1. The van der Waals surface area contributed by atoms with E-state index in [9.17, 15) is 17.6 Å². The summed E-state index contributed by atoms with van der Waals surface area (Å²) in [5, 5.41) is 12.8. The normalized spacial score (nSPS) is 20.4. The van der Waals surface area contributed by atoms with Crippen molar-refractivity contribution < 1.29 is 22.3 Å². The first-order valence-electron chi connectivity index (χ1n) is 8.47. The number of hydrogen-bond donors (Lipinski definition) is 3. The lowest BCUT2D eigenvalue weighted by Gasteiger charge is -2.40. The lowest BCUT2D eigenvalue weighted by molar-refractivity contribution is 0.102. The minimum Gasteiger partial charge on any atom is -0.480 e. The summed E-state index contributed by atoms with van der Waals surface area (Å²) in [7, 11) is -1.23. The Morgan fingerprint density at radius 2 is 2.10 bits per heavy atom. The van der Waals surface area contributed by atoms with Gasteiger partial charge in [-0.05, 0) is 19.1 Å². The summed E-state index contributed by atoms with van der Waals surface area (Å²) < 4.78 is 45.2. The quantitative estimate of drug-likeness (QED) is 0.634. The number of sulfonamides is 1. The van der Waals surface area contributed by atoms with Crippen molar-refractivity contribution in [1.29, 1.82) is 5.41 Å². The van der Waals surface area contributed by atoms with Crippen LogP contribution >= 0.6 is 11.6 Å². The van der Waals surface area contributed by atoms with Gasteiger partial charge in [-0.3, -0.25) is 10.2 Å². The third kappa shape index (κ3) is 4.00. The minimum atomic E-state index is -3.86. The van der Waals surface area contributed by atoms with Gasteiger partial charge in [0.05, 0.1) is 35.8 Å². The number of anilines is 1. The zero-order valence-corrected chi connectivity index (χ0v) is 17.7. The Morgan fingerprint density at radius 1 is 1.40 bits per heavy atom. The standard InChI is InChI=1S/C17H18ClFN6O4S/c1-17(8-30(27,28)25(2)16(20)24-17)10-4-9(5-11(18)14(10)19)23-15(26)12-6-22-13(29-3)7-21-12/h4-7H,8H2,1-3H3,(H2,20,24)(H,23,26)/t17-/m0/s1. The summed E-state index contributed by atoms with van der Waals surface area (Å²) in [6.45, 7) is 1.43. The zero-order valence-electron chi connectivity index (χ0n) is 16.2. The molecule has 0 bridgehead atoms. The second-order valence-corrected chi connectivity index (χ2v) is 9.15. The molecule has 1 aromatic heterocycles.